The van der Waals surface area contributed by atoms with E-state index in [-0.39, 0.29) is 22.4 Å². The zero-order valence-electron chi connectivity index (χ0n) is 12.4. The molecule has 1 radical (unpaired) electrons. The first-order valence-electron chi connectivity index (χ1n) is 4.93. The van der Waals surface area contributed by atoms with Gasteiger partial charge in [-0.3, -0.25) is 24.0 Å². The number of rotatable bonds is 2. The molecule has 0 saturated heterocycles. The monoisotopic (exact) mass is 527 g/mol. The Morgan fingerprint density at radius 1 is 0.636 bits per heavy atom. The summed E-state index contributed by atoms with van der Waals surface area (Å²) in [6.07, 6.45) is 0. The minimum absolute atomic E-state index is 0. The van der Waals surface area contributed by atoms with Gasteiger partial charge in [0, 0.05) is 57.0 Å². The van der Waals surface area contributed by atoms with E-state index in [1.165, 1.54) is 13.8 Å². The van der Waals surface area contributed by atoms with E-state index in [2.05, 4.69) is 8.37 Å². The van der Waals surface area contributed by atoms with Gasteiger partial charge in [-0.15, -0.1) is 0 Å². The van der Waals surface area contributed by atoms with Gasteiger partial charge in [-0.1, -0.05) is 0 Å². The molecule has 10 nitrogen and oxygen atoms in total. The second-order valence-electron chi connectivity index (χ2n) is 2.77. The largest absolute Gasteiger partial charge is 0.481 e. The van der Waals surface area contributed by atoms with Gasteiger partial charge in [-0.2, -0.15) is 0 Å². The van der Waals surface area contributed by atoms with Gasteiger partial charge in [0.05, 0.1) is 0 Å². The van der Waals surface area contributed by atoms with Crippen LogP contribution in [0.3, 0.4) is 0 Å². The maximum Gasteiger partial charge on any atom is 0.317 e. The zero-order valence-corrected chi connectivity index (χ0v) is 15.4. The van der Waals surface area contributed by atoms with Crippen molar-refractivity contribution in [2.75, 3.05) is 0 Å². The molecule has 0 aliphatic carbocycles. The van der Waals surface area contributed by atoms with E-state index in [1.54, 1.807) is 0 Å². The van der Waals surface area contributed by atoms with E-state index in [1.807, 2.05) is 0 Å². The van der Waals surface area contributed by atoms with Crippen LogP contribution in [-0.2, 0) is 54.7 Å². The minimum atomic E-state index is -0.833. The Morgan fingerprint density at radius 3 is 0.864 bits per heavy atom. The fourth-order valence-corrected chi connectivity index (χ4v) is 0.338. The van der Waals surface area contributed by atoms with Crippen LogP contribution >= 0.6 is 12.3 Å². The van der Waals surface area contributed by atoms with Gasteiger partial charge in [-0.05, 0) is 0 Å². The van der Waals surface area contributed by atoms with Crippen molar-refractivity contribution in [3.8, 4) is 0 Å². The Bertz CT molecular complexity index is 290. The molecule has 0 aromatic heterocycles. The maximum atomic E-state index is 9.99. The maximum absolute atomic E-state index is 9.99. The smallest absolute Gasteiger partial charge is 0.317 e. The normalized spacial score (nSPS) is 6.77. The average Bonchev–Trinajstić information content (AvgIpc) is 2.12. The molecule has 0 rings (SSSR count). The molecule has 3 N–H and O–H groups in total. The summed E-state index contributed by atoms with van der Waals surface area (Å²) in [5, 5.41) is 22.2. The summed E-state index contributed by atoms with van der Waals surface area (Å²) in [5.41, 5.74) is 0. The molecule has 0 saturated carbocycles. The predicted octanol–water partition coefficient (Wildman–Crippen LogP) is 0.946. The van der Waals surface area contributed by atoms with Gasteiger partial charge in [-0.25, -0.2) is 0 Å². The van der Waals surface area contributed by atoms with Crippen molar-refractivity contribution in [2.45, 2.75) is 34.6 Å². The molecular weight excluding hydrogens is 509 g/mol. The summed E-state index contributed by atoms with van der Waals surface area (Å²) in [7, 11) is 0. The average molecular weight is 527 g/mol. The number of hydrogen-bond acceptors (Lipinski definition) is 8. The van der Waals surface area contributed by atoms with Crippen LogP contribution in [0.4, 0.5) is 0 Å². The van der Waals surface area contributed by atoms with Crippen LogP contribution in [0.25, 0.3) is 0 Å². The Morgan fingerprint density at radius 2 is 0.773 bits per heavy atom. The van der Waals surface area contributed by atoms with Crippen molar-refractivity contribution in [3.63, 3.8) is 0 Å². The second-order valence-corrected chi connectivity index (χ2v) is 3.24. The summed E-state index contributed by atoms with van der Waals surface area (Å²) >= 11 is 0.370. The van der Waals surface area contributed by atoms with Gasteiger partial charge in [0.1, 0.15) is 0 Å². The molecule has 0 fully saturated rings. The predicted molar refractivity (Wildman–Crippen MR) is 71.1 cm³/mol. The number of hydrogen-bond donors (Lipinski definition) is 3. The van der Waals surface area contributed by atoms with Crippen LogP contribution in [-0.4, -0.2) is 45.2 Å². The standard InChI is InChI=1S/C4H6O4S.3C2H4O2.Au/c1-3(5)7-9-8-4(2)6;3*1-2(3)4;/h1-2H3;3*1H3,(H,3,4);. The van der Waals surface area contributed by atoms with Crippen LogP contribution in [0.1, 0.15) is 34.6 Å². The van der Waals surface area contributed by atoms with E-state index in [9.17, 15) is 9.59 Å². The van der Waals surface area contributed by atoms with Crippen molar-refractivity contribution in [1.29, 1.82) is 0 Å². The van der Waals surface area contributed by atoms with Crippen molar-refractivity contribution >= 4 is 42.2 Å². The molecule has 0 bridgehead atoms. The quantitative estimate of drug-likeness (QED) is 0.346. The summed E-state index contributed by atoms with van der Waals surface area (Å²) < 4.78 is 8.37. The Labute approximate surface area is 147 Å². The van der Waals surface area contributed by atoms with Gasteiger partial charge in [0.2, 0.25) is 0 Å². The summed E-state index contributed by atoms with van der Waals surface area (Å²) in [6.45, 7) is 5.69. The number of carbonyl (C=O) groups is 5. The van der Waals surface area contributed by atoms with Crippen molar-refractivity contribution in [2.24, 2.45) is 0 Å². The second kappa shape index (κ2) is 24.5. The van der Waals surface area contributed by atoms with E-state index in [0.717, 1.165) is 20.8 Å². The number of carbonyl (C=O) groups excluding carboxylic acids is 2. The molecule has 0 unspecified atom stereocenters. The van der Waals surface area contributed by atoms with Gasteiger partial charge in [0.25, 0.3) is 30.2 Å². The van der Waals surface area contributed by atoms with E-state index >= 15 is 0 Å². The Kier molecular flexibility index (Phi) is 36.0. The van der Waals surface area contributed by atoms with Crippen LogP contribution in [0.2, 0.25) is 0 Å². The van der Waals surface area contributed by atoms with Gasteiger partial charge >= 0.3 is 11.9 Å². The molecule has 0 atom stereocenters. The molecular formula is C10H18AuO10S. The summed E-state index contributed by atoms with van der Waals surface area (Å²) in [6, 6.07) is 0. The van der Waals surface area contributed by atoms with Crippen LogP contribution < -0.4 is 0 Å². The van der Waals surface area contributed by atoms with Gasteiger partial charge < -0.3 is 23.7 Å². The van der Waals surface area contributed by atoms with Crippen LogP contribution in [0.5, 0.6) is 0 Å². The number of carboxylic acids is 3. The third-order valence-corrected chi connectivity index (χ3v) is 0.908. The SMILES string of the molecule is CC(=O)O.CC(=O)O.CC(=O)O.CC(=O)OSOC(C)=O.[Au]. The van der Waals surface area contributed by atoms with Crippen molar-refractivity contribution in [3.05, 3.63) is 0 Å². The molecule has 22 heavy (non-hydrogen) atoms. The molecule has 0 aromatic rings. The fraction of sp³-hybridized carbons (Fsp3) is 0.500. The molecule has 0 spiro atoms. The topological polar surface area (TPSA) is 164 Å². The molecule has 135 valence electrons. The molecule has 0 amide bonds. The third kappa shape index (κ3) is 284. The number of carboxylic acid groups (broad SMARTS) is 3. The fourth-order valence-electron chi connectivity index (χ4n) is 0.113. The van der Waals surface area contributed by atoms with E-state index in [4.69, 9.17) is 29.7 Å². The molecule has 0 heterocycles. The molecule has 0 aliphatic heterocycles. The van der Waals surface area contributed by atoms with Crippen LogP contribution in [0, 0.1) is 0 Å². The third-order valence-electron chi connectivity index (χ3n) is 0.303. The Hall–Kier alpha value is -1.56. The van der Waals surface area contributed by atoms with Crippen LogP contribution in [0.15, 0.2) is 0 Å². The first-order valence-corrected chi connectivity index (χ1v) is 5.60. The number of aliphatic carboxylic acids is 3. The van der Waals surface area contributed by atoms with Crippen molar-refractivity contribution < 1.29 is 70.0 Å². The Balaban J connectivity index is -0.0000000632. The van der Waals surface area contributed by atoms with Crippen molar-refractivity contribution in [1.82, 2.24) is 0 Å². The molecule has 12 heteroatoms. The first kappa shape index (κ1) is 32.4. The zero-order chi connectivity index (χ0) is 18.0. The molecule has 0 aliphatic rings. The van der Waals surface area contributed by atoms with E-state index < -0.39 is 29.8 Å². The molecule has 0 aromatic carbocycles. The summed E-state index contributed by atoms with van der Waals surface area (Å²) in [4.78, 5) is 47.0. The van der Waals surface area contributed by atoms with Gasteiger partial charge in [0.15, 0.2) is 0 Å². The van der Waals surface area contributed by atoms with E-state index in [0.29, 0.717) is 12.3 Å². The minimum Gasteiger partial charge on any atom is -0.481 e. The first-order chi connectivity index (χ1) is 9.32. The summed E-state index contributed by atoms with van der Waals surface area (Å²) in [5.74, 6) is -3.50.